The molecule has 0 spiro atoms. The molecule has 3 heterocycles. The molecule has 6 heteroatoms. The Kier molecular flexibility index (Phi) is 5.29. The Hall–Kier alpha value is -3.95. The van der Waals surface area contributed by atoms with Gasteiger partial charge in [-0.05, 0) is 61.4 Å². The second-order valence-corrected chi connectivity index (χ2v) is 7.04. The summed E-state index contributed by atoms with van der Waals surface area (Å²) in [4.78, 5) is 11.9. The lowest BCUT2D eigenvalue weighted by Gasteiger charge is -2.15. The van der Waals surface area contributed by atoms with Crippen molar-refractivity contribution in [2.75, 3.05) is 5.32 Å². The Morgan fingerprint density at radius 3 is 2.70 bits per heavy atom. The van der Waals surface area contributed by atoms with Crippen molar-refractivity contribution in [2.24, 2.45) is 0 Å². The molecule has 3 N–H and O–H groups in total. The third-order valence-corrected chi connectivity index (χ3v) is 5.15. The van der Waals surface area contributed by atoms with Gasteiger partial charge in [-0.25, -0.2) is 0 Å². The highest BCUT2D eigenvalue weighted by Crippen LogP contribution is 2.32. The minimum absolute atomic E-state index is 0.0385. The zero-order chi connectivity index (χ0) is 21.1. The van der Waals surface area contributed by atoms with Gasteiger partial charge in [-0.15, -0.1) is 0 Å². The number of nitrogens with one attached hydrogen (secondary N) is 2. The van der Waals surface area contributed by atoms with Crippen molar-refractivity contribution in [3.8, 4) is 6.07 Å². The second-order valence-electron chi connectivity index (χ2n) is 7.04. The highest BCUT2D eigenvalue weighted by Gasteiger charge is 2.13. The first kappa shape index (κ1) is 19.4. The Balaban J connectivity index is 1.76. The number of aryl methyl sites for hydroxylation is 2. The number of hydrogen-bond donors (Lipinski definition) is 3. The van der Waals surface area contributed by atoms with E-state index in [9.17, 15) is 10.4 Å². The van der Waals surface area contributed by atoms with Crippen LogP contribution in [-0.4, -0.2) is 20.1 Å². The number of nitrogens with zero attached hydrogens (tertiary/aromatic N) is 3. The molecule has 4 aromatic rings. The Labute approximate surface area is 174 Å². The highest BCUT2D eigenvalue weighted by molar-refractivity contribution is 5.90. The summed E-state index contributed by atoms with van der Waals surface area (Å²) in [5, 5.41) is 23.4. The van der Waals surface area contributed by atoms with Crippen molar-refractivity contribution in [2.45, 2.75) is 20.5 Å². The number of aliphatic hydroxyl groups is 1. The number of benzene rings is 1. The first-order chi connectivity index (χ1) is 14.6. The van der Waals surface area contributed by atoms with Crippen molar-refractivity contribution in [3.05, 3.63) is 82.6 Å². The topological polar surface area (TPSA) is 97.6 Å². The lowest BCUT2D eigenvalue weighted by atomic mass is 10.0. The predicted octanol–water partition coefficient (Wildman–Crippen LogP) is 4.85. The second kappa shape index (κ2) is 8.19. The van der Waals surface area contributed by atoms with E-state index in [-0.39, 0.29) is 6.61 Å². The van der Waals surface area contributed by atoms with Gasteiger partial charge in [0.05, 0.1) is 23.6 Å². The van der Waals surface area contributed by atoms with Gasteiger partial charge in [-0.1, -0.05) is 6.07 Å². The third kappa shape index (κ3) is 3.66. The van der Waals surface area contributed by atoms with Crippen molar-refractivity contribution >= 4 is 34.4 Å². The lowest BCUT2D eigenvalue weighted by Crippen LogP contribution is -2.02. The van der Waals surface area contributed by atoms with Crippen LogP contribution in [0.5, 0.6) is 0 Å². The summed E-state index contributed by atoms with van der Waals surface area (Å²) in [5.41, 5.74) is 7.44. The van der Waals surface area contributed by atoms with Crippen molar-refractivity contribution in [1.29, 1.82) is 5.26 Å². The molecule has 1 aromatic carbocycles. The van der Waals surface area contributed by atoms with Crippen LogP contribution in [0.15, 0.2) is 48.9 Å². The maximum atomic E-state index is 9.67. The smallest absolute Gasteiger partial charge is 0.103 e. The van der Waals surface area contributed by atoms with Gasteiger partial charge in [0.2, 0.25) is 0 Å². The van der Waals surface area contributed by atoms with Crippen LogP contribution in [0.25, 0.3) is 23.1 Å². The number of pyridine rings is 2. The summed E-state index contributed by atoms with van der Waals surface area (Å²) < 4.78 is 0. The largest absolute Gasteiger partial charge is 0.392 e. The molecule has 0 saturated carbocycles. The van der Waals surface area contributed by atoms with Gasteiger partial charge in [0.15, 0.2) is 0 Å². The van der Waals surface area contributed by atoms with Gasteiger partial charge < -0.3 is 15.4 Å². The monoisotopic (exact) mass is 395 g/mol. The minimum atomic E-state index is -0.0385. The van der Waals surface area contributed by atoms with Gasteiger partial charge in [-0.2, -0.15) is 5.26 Å². The molecule has 6 nitrogen and oxygen atoms in total. The average molecular weight is 395 g/mol. The Morgan fingerprint density at radius 2 is 1.97 bits per heavy atom. The van der Waals surface area contributed by atoms with Gasteiger partial charge in [0.1, 0.15) is 6.07 Å². The molecule has 0 bridgehead atoms. The zero-order valence-corrected chi connectivity index (χ0v) is 16.8. The number of H-pyrrole nitrogens is 1. The lowest BCUT2D eigenvalue weighted by molar-refractivity contribution is 0.281. The maximum absolute atomic E-state index is 9.67. The van der Waals surface area contributed by atoms with E-state index in [0.717, 1.165) is 44.7 Å². The number of rotatable bonds is 5. The zero-order valence-electron chi connectivity index (χ0n) is 16.8. The van der Waals surface area contributed by atoms with E-state index < -0.39 is 0 Å². The van der Waals surface area contributed by atoms with Crippen molar-refractivity contribution in [1.82, 2.24) is 15.0 Å². The van der Waals surface area contributed by atoms with Gasteiger partial charge in [0.25, 0.3) is 0 Å². The molecule has 0 amide bonds. The van der Waals surface area contributed by atoms with E-state index in [0.29, 0.717) is 11.3 Å². The summed E-state index contributed by atoms with van der Waals surface area (Å²) in [7, 11) is 0. The van der Waals surface area contributed by atoms with E-state index in [4.69, 9.17) is 0 Å². The molecule has 0 atom stereocenters. The van der Waals surface area contributed by atoms with Gasteiger partial charge in [-0.3, -0.25) is 9.97 Å². The highest BCUT2D eigenvalue weighted by atomic mass is 16.3. The van der Waals surface area contributed by atoms with Crippen LogP contribution in [0.1, 0.15) is 33.6 Å². The van der Waals surface area contributed by atoms with E-state index in [1.807, 2.05) is 55.6 Å². The van der Waals surface area contributed by atoms with Crippen molar-refractivity contribution in [3.63, 3.8) is 0 Å². The van der Waals surface area contributed by atoms with Gasteiger partial charge in [0, 0.05) is 46.4 Å². The molecule has 0 saturated heterocycles. The van der Waals surface area contributed by atoms with E-state index in [1.165, 1.54) is 0 Å². The van der Waals surface area contributed by atoms with Crippen LogP contribution in [0, 0.1) is 25.2 Å². The molecule has 0 aliphatic rings. The number of anilines is 2. The third-order valence-electron chi connectivity index (χ3n) is 5.15. The first-order valence-corrected chi connectivity index (χ1v) is 9.58. The maximum Gasteiger partial charge on any atom is 0.103 e. The Bertz CT molecular complexity index is 1280. The molecule has 148 valence electrons. The molecule has 0 unspecified atom stereocenters. The fourth-order valence-electron chi connectivity index (χ4n) is 3.40. The number of hydrogen-bond acceptors (Lipinski definition) is 5. The Morgan fingerprint density at radius 1 is 1.10 bits per heavy atom. The van der Waals surface area contributed by atoms with Crippen LogP contribution in [0.2, 0.25) is 0 Å². The quantitative estimate of drug-likeness (QED) is 0.449. The average Bonchev–Trinajstić information content (AvgIpc) is 3.25. The number of aliphatic hydroxyl groups excluding tert-OH is 1. The normalized spacial score (nSPS) is 11.1. The molecular weight excluding hydrogens is 374 g/mol. The molecule has 0 radical (unpaired) electrons. The molecular formula is C24H21N5O. The van der Waals surface area contributed by atoms with E-state index in [2.05, 4.69) is 33.3 Å². The number of aromatic amines is 1. The van der Waals surface area contributed by atoms with Crippen molar-refractivity contribution < 1.29 is 5.11 Å². The first-order valence-electron chi connectivity index (χ1n) is 9.58. The van der Waals surface area contributed by atoms with E-state index >= 15 is 0 Å². The molecule has 3 aromatic heterocycles. The van der Waals surface area contributed by atoms with Crippen LogP contribution in [-0.2, 0) is 6.61 Å². The standard InChI is InChI=1S/C24H21N5O/c1-15-20-9-10-26-23(20)8-7-22(15)29-24-18(11-25)13-27-16(2)21(24)6-5-19-4-3-17(14-30)12-28-19/h3-10,12-13,26,30H,14H2,1-2H3,(H,27,29)/b6-5+. The number of fused-ring (bicyclic) bond motifs is 1. The molecule has 0 fully saturated rings. The predicted molar refractivity (Wildman–Crippen MR) is 119 cm³/mol. The van der Waals surface area contributed by atoms with Gasteiger partial charge >= 0.3 is 0 Å². The summed E-state index contributed by atoms with van der Waals surface area (Å²) in [6.45, 7) is 3.93. The minimum Gasteiger partial charge on any atom is -0.392 e. The van der Waals surface area contributed by atoms with Crippen LogP contribution in [0.4, 0.5) is 11.4 Å². The molecule has 0 aliphatic heterocycles. The van der Waals surface area contributed by atoms with Crippen LogP contribution in [0.3, 0.4) is 0 Å². The molecule has 0 aliphatic carbocycles. The molecule has 30 heavy (non-hydrogen) atoms. The van der Waals surface area contributed by atoms with Crippen LogP contribution >= 0.6 is 0 Å². The number of aromatic nitrogens is 3. The van der Waals surface area contributed by atoms with Crippen LogP contribution < -0.4 is 5.32 Å². The van der Waals surface area contributed by atoms with E-state index in [1.54, 1.807) is 12.4 Å². The summed E-state index contributed by atoms with van der Waals surface area (Å²) in [6, 6.07) is 12.0. The summed E-state index contributed by atoms with van der Waals surface area (Å²) in [5.74, 6) is 0. The fraction of sp³-hybridized carbons (Fsp3) is 0.125. The summed E-state index contributed by atoms with van der Waals surface area (Å²) in [6.07, 6.45) is 8.94. The fourth-order valence-corrected chi connectivity index (χ4v) is 3.40. The molecule has 4 rings (SSSR count). The number of nitriles is 1. The SMILES string of the molecule is Cc1ncc(C#N)c(Nc2ccc3[nH]ccc3c2C)c1/C=C/c1ccc(CO)cn1. The summed E-state index contributed by atoms with van der Waals surface area (Å²) >= 11 is 0.